The molecule has 0 atom stereocenters. The fourth-order valence-corrected chi connectivity index (χ4v) is 2.23. The molecule has 1 aromatic carbocycles. The van der Waals surface area contributed by atoms with Crippen molar-refractivity contribution in [2.24, 2.45) is 5.73 Å². The van der Waals surface area contributed by atoms with Crippen LogP contribution in [0.15, 0.2) is 36.4 Å². The zero-order valence-corrected chi connectivity index (χ0v) is 9.63. The van der Waals surface area contributed by atoms with E-state index in [9.17, 15) is 0 Å². The van der Waals surface area contributed by atoms with Gasteiger partial charge in [0.15, 0.2) is 0 Å². The van der Waals surface area contributed by atoms with Crippen molar-refractivity contribution in [1.29, 1.82) is 0 Å². The van der Waals surface area contributed by atoms with Gasteiger partial charge in [-0.25, -0.2) is 0 Å². The molecule has 0 amide bonds. The lowest BCUT2D eigenvalue weighted by Crippen LogP contribution is -1.96. The van der Waals surface area contributed by atoms with E-state index in [-0.39, 0.29) is 5.75 Å². The minimum atomic E-state index is 0.284. The minimum absolute atomic E-state index is 0.284. The molecule has 1 aromatic heterocycles. The van der Waals surface area contributed by atoms with E-state index in [2.05, 4.69) is 17.4 Å². The second-order valence-corrected chi connectivity index (χ2v) is 4.73. The summed E-state index contributed by atoms with van der Waals surface area (Å²) in [4.78, 5) is 2.45. The molecule has 16 heavy (non-hydrogen) atoms. The summed E-state index contributed by atoms with van der Waals surface area (Å²) >= 11 is 1.72. The van der Waals surface area contributed by atoms with Crippen molar-refractivity contribution >= 4 is 17.0 Å². The summed E-state index contributed by atoms with van der Waals surface area (Å²) in [5.41, 5.74) is 6.55. The van der Waals surface area contributed by atoms with Crippen molar-refractivity contribution < 1.29 is 5.11 Å². The Hall–Kier alpha value is -1.52. The molecule has 1 heterocycles. The number of benzene rings is 1. The summed E-state index contributed by atoms with van der Waals surface area (Å²) in [5, 5.41) is 12.4. The molecule has 4 heteroatoms. The molecule has 4 N–H and O–H groups in total. The molecule has 0 aliphatic heterocycles. The summed E-state index contributed by atoms with van der Waals surface area (Å²) in [6.07, 6.45) is 0. The molecule has 84 valence electrons. The van der Waals surface area contributed by atoms with E-state index in [4.69, 9.17) is 10.8 Å². The Kier molecular flexibility index (Phi) is 3.44. The zero-order chi connectivity index (χ0) is 11.4. The fourth-order valence-electron chi connectivity index (χ4n) is 1.40. The molecule has 0 aliphatic rings. The molecule has 0 spiro atoms. The van der Waals surface area contributed by atoms with Crippen molar-refractivity contribution in [2.75, 3.05) is 5.32 Å². The number of nitrogens with one attached hydrogen (secondary N) is 1. The van der Waals surface area contributed by atoms with E-state index >= 15 is 0 Å². The second-order valence-electron chi connectivity index (χ2n) is 3.47. The first-order valence-corrected chi connectivity index (χ1v) is 5.90. The van der Waals surface area contributed by atoms with Gasteiger partial charge in [-0.05, 0) is 36.4 Å². The second kappa shape index (κ2) is 5.01. The lowest BCUT2D eigenvalue weighted by Gasteiger charge is -2.04. The van der Waals surface area contributed by atoms with Crippen LogP contribution in [0.25, 0.3) is 0 Å². The first-order valence-electron chi connectivity index (χ1n) is 5.08. The lowest BCUT2D eigenvalue weighted by atomic mass is 10.3. The molecule has 2 aromatic rings. The molecular weight excluding hydrogens is 220 g/mol. The smallest absolute Gasteiger partial charge is 0.115 e. The maximum absolute atomic E-state index is 9.14. The van der Waals surface area contributed by atoms with Gasteiger partial charge < -0.3 is 16.2 Å². The molecule has 0 bridgehead atoms. The first kappa shape index (κ1) is 11.0. The van der Waals surface area contributed by atoms with Crippen LogP contribution in [0.5, 0.6) is 5.75 Å². The fraction of sp³-hybridized carbons (Fsp3) is 0.167. The number of anilines is 1. The largest absolute Gasteiger partial charge is 0.508 e. The number of nitrogens with two attached hydrogens (primary N) is 1. The van der Waals surface area contributed by atoms with E-state index in [0.717, 1.165) is 12.2 Å². The van der Waals surface area contributed by atoms with E-state index in [1.54, 1.807) is 23.5 Å². The van der Waals surface area contributed by atoms with Crippen LogP contribution in [-0.4, -0.2) is 5.11 Å². The number of hydrogen-bond donors (Lipinski definition) is 3. The number of phenols is 1. The molecule has 0 aliphatic carbocycles. The monoisotopic (exact) mass is 234 g/mol. The van der Waals surface area contributed by atoms with Gasteiger partial charge in [0, 0.05) is 28.5 Å². The van der Waals surface area contributed by atoms with Gasteiger partial charge >= 0.3 is 0 Å². The van der Waals surface area contributed by atoms with Crippen LogP contribution in [-0.2, 0) is 13.1 Å². The van der Waals surface area contributed by atoms with Gasteiger partial charge in [-0.3, -0.25) is 0 Å². The summed E-state index contributed by atoms with van der Waals surface area (Å²) in [6, 6.07) is 11.2. The Bertz CT molecular complexity index is 450. The van der Waals surface area contributed by atoms with Crippen molar-refractivity contribution in [3.63, 3.8) is 0 Å². The number of aromatic hydroxyl groups is 1. The number of hydrogen-bond acceptors (Lipinski definition) is 4. The zero-order valence-electron chi connectivity index (χ0n) is 8.81. The van der Waals surface area contributed by atoms with Crippen LogP contribution in [0.1, 0.15) is 9.75 Å². The van der Waals surface area contributed by atoms with Crippen LogP contribution in [0.4, 0.5) is 5.69 Å². The SMILES string of the molecule is NCc1ccc(CNc2ccc(O)cc2)s1. The van der Waals surface area contributed by atoms with Gasteiger partial charge in [-0.15, -0.1) is 11.3 Å². The quantitative estimate of drug-likeness (QED) is 0.712. The van der Waals surface area contributed by atoms with E-state index in [1.165, 1.54) is 9.75 Å². The van der Waals surface area contributed by atoms with Gasteiger partial charge in [-0.1, -0.05) is 0 Å². The summed E-state index contributed by atoms with van der Waals surface area (Å²) in [5.74, 6) is 0.284. The highest BCUT2D eigenvalue weighted by atomic mass is 32.1. The maximum atomic E-state index is 9.14. The van der Waals surface area contributed by atoms with Crippen LogP contribution in [0.3, 0.4) is 0 Å². The third-order valence-electron chi connectivity index (χ3n) is 2.25. The Labute approximate surface area is 98.5 Å². The van der Waals surface area contributed by atoms with Gasteiger partial charge in [0.1, 0.15) is 5.75 Å². The average molecular weight is 234 g/mol. The van der Waals surface area contributed by atoms with E-state index < -0.39 is 0 Å². The Morgan fingerprint density at radius 2 is 1.75 bits per heavy atom. The van der Waals surface area contributed by atoms with Crippen molar-refractivity contribution in [2.45, 2.75) is 13.1 Å². The van der Waals surface area contributed by atoms with Gasteiger partial charge in [0.2, 0.25) is 0 Å². The van der Waals surface area contributed by atoms with Crippen molar-refractivity contribution in [3.05, 3.63) is 46.2 Å². The molecule has 2 rings (SSSR count). The summed E-state index contributed by atoms with van der Waals surface area (Å²) in [6.45, 7) is 1.39. The molecule has 0 saturated heterocycles. The third kappa shape index (κ3) is 2.74. The number of rotatable bonds is 4. The first-order chi connectivity index (χ1) is 7.78. The molecule has 0 unspecified atom stereocenters. The van der Waals surface area contributed by atoms with Gasteiger partial charge in [0.25, 0.3) is 0 Å². The Balaban J connectivity index is 1.94. The standard InChI is InChI=1S/C12H14N2OS/c13-7-11-5-6-12(16-11)8-14-9-1-3-10(15)4-2-9/h1-6,14-15H,7-8,13H2. The number of phenolic OH excluding ortho intramolecular Hbond substituents is 1. The molecule has 0 saturated carbocycles. The molecule has 0 fully saturated rings. The van der Waals surface area contributed by atoms with Crippen LogP contribution in [0.2, 0.25) is 0 Å². The van der Waals surface area contributed by atoms with Crippen LogP contribution >= 0.6 is 11.3 Å². The molecule has 3 nitrogen and oxygen atoms in total. The highest BCUT2D eigenvalue weighted by molar-refractivity contribution is 7.11. The number of thiophene rings is 1. The highest BCUT2D eigenvalue weighted by Crippen LogP contribution is 2.18. The molecule has 0 radical (unpaired) electrons. The normalized spacial score (nSPS) is 10.3. The Morgan fingerprint density at radius 1 is 1.06 bits per heavy atom. The maximum Gasteiger partial charge on any atom is 0.115 e. The van der Waals surface area contributed by atoms with Gasteiger partial charge in [0.05, 0.1) is 0 Å². The summed E-state index contributed by atoms with van der Waals surface area (Å²) in [7, 11) is 0. The van der Waals surface area contributed by atoms with E-state index in [1.807, 2.05) is 12.1 Å². The third-order valence-corrected chi connectivity index (χ3v) is 3.36. The van der Waals surface area contributed by atoms with Gasteiger partial charge in [-0.2, -0.15) is 0 Å². The predicted octanol–water partition coefficient (Wildman–Crippen LogP) is 2.52. The Morgan fingerprint density at radius 3 is 2.38 bits per heavy atom. The predicted molar refractivity (Wildman–Crippen MR) is 67.6 cm³/mol. The highest BCUT2D eigenvalue weighted by Gasteiger charge is 1.98. The summed E-state index contributed by atoms with van der Waals surface area (Å²) < 4.78 is 0. The average Bonchev–Trinajstić information content (AvgIpc) is 2.76. The minimum Gasteiger partial charge on any atom is -0.508 e. The van der Waals surface area contributed by atoms with Crippen LogP contribution in [0, 0.1) is 0 Å². The van der Waals surface area contributed by atoms with Crippen molar-refractivity contribution in [1.82, 2.24) is 0 Å². The van der Waals surface area contributed by atoms with E-state index in [0.29, 0.717) is 6.54 Å². The molecular formula is C12H14N2OS. The van der Waals surface area contributed by atoms with Crippen LogP contribution < -0.4 is 11.1 Å². The van der Waals surface area contributed by atoms with Crippen molar-refractivity contribution in [3.8, 4) is 5.75 Å². The topological polar surface area (TPSA) is 58.3 Å². The lowest BCUT2D eigenvalue weighted by molar-refractivity contribution is 0.475.